The molecular weight excluding hydrogens is 428 g/mol. The van der Waals surface area contributed by atoms with E-state index in [1.165, 1.54) is 6.07 Å². The lowest BCUT2D eigenvalue weighted by Crippen LogP contribution is -2.31. The highest BCUT2D eigenvalue weighted by molar-refractivity contribution is 7.92. The third-order valence-electron chi connectivity index (χ3n) is 4.87. The van der Waals surface area contributed by atoms with Crippen LogP contribution < -0.4 is 14.5 Å². The molecule has 31 heavy (non-hydrogen) atoms. The van der Waals surface area contributed by atoms with E-state index in [4.69, 9.17) is 0 Å². The van der Waals surface area contributed by atoms with E-state index in [0.717, 1.165) is 29.1 Å². The Morgan fingerprint density at radius 2 is 1.94 bits per heavy atom. The first-order chi connectivity index (χ1) is 14.6. The zero-order valence-corrected chi connectivity index (χ0v) is 17.8. The Morgan fingerprint density at radius 1 is 1.16 bits per heavy atom. The normalized spacial score (nSPS) is 14.0. The van der Waals surface area contributed by atoms with Crippen molar-refractivity contribution in [2.45, 2.75) is 25.7 Å². The Hall–Kier alpha value is -3.01. The van der Waals surface area contributed by atoms with E-state index in [0.29, 0.717) is 24.3 Å². The second-order valence-electron chi connectivity index (χ2n) is 7.28. The fourth-order valence-electron chi connectivity index (χ4n) is 3.41. The lowest BCUT2D eigenvalue weighted by atomic mass is 10.2. The number of sulfonamides is 1. The Labute approximate surface area is 179 Å². The third kappa shape index (κ3) is 5.78. The van der Waals surface area contributed by atoms with E-state index in [1.54, 1.807) is 29.2 Å². The van der Waals surface area contributed by atoms with E-state index < -0.39 is 21.7 Å². The van der Waals surface area contributed by atoms with Crippen LogP contribution >= 0.6 is 0 Å². The number of anilines is 3. The van der Waals surface area contributed by atoms with Crippen molar-refractivity contribution in [2.75, 3.05) is 33.9 Å². The molecule has 0 spiro atoms. The van der Waals surface area contributed by atoms with Crippen molar-refractivity contribution in [1.82, 2.24) is 0 Å². The zero-order valence-electron chi connectivity index (χ0n) is 17.0. The second kappa shape index (κ2) is 9.42. The van der Waals surface area contributed by atoms with Gasteiger partial charge in [0.1, 0.15) is 0 Å². The van der Waals surface area contributed by atoms with Crippen molar-refractivity contribution in [1.29, 1.82) is 0 Å². The summed E-state index contributed by atoms with van der Waals surface area (Å²) in [4.78, 5) is 25.9. The highest BCUT2D eigenvalue weighted by atomic mass is 32.2. The number of hydrogen-bond donors (Lipinski definition) is 1. The molecule has 10 heteroatoms. The molecule has 2 aromatic carbocycles. The summed E-state index contributed by atoms with van der Waals surface area (Å²) in [5.74, 6) is -2.51. The van der Waals surface area contributed by atoms with Crippen LogP contribution in [0.3, 0.4) is 0 Å². The van der Waals surface area contributed by atoms with Crippen LogP contribution in [0.2, 0.25) is 0 Å². The molecule has 0 aliphatic carbocycles. The van der Waals surface area contributed by atoms with E-state index in [9.17, 15) is 26.8 Å². The van der Waals surface area contributed by atoms with Gasteiger partial charge in [-0.2, -0.15) is 0 Å². The average Bonchev–Trinajstić information content (AvgIpc) is 3.13. The van der Waals surface area contributed by atoms with Crippen molar-refractivity contribution >= 4 is 38.9 Å². The molecule has 1 N–H and O–H groups in total. The van der Waals surface area contributed by atoms with Gasteiger partial charge in [0.2, 0.25) is 21.8 Å². The highest BCUT2D eigenvalue weighted by Gasteiger charge is 2.22. The maximum Gasteiger partial charge on any atom is 0.232 e. The molecule has 0 aromatic heterocycles. The van der Waals surface area contributed by atoms with E-state index in [-0.39, 0.29) is 36.9 Å². The average molecular weight is 451 g/mol. The highest BCUT2D eigenvalue weighted by Crippen LogP contribution is 2.25. The van der Waals surface area contributed by atoms with E-state index in [2.05, 4.69) is 5.32 Å². The van der Waals surface area contributed by atoms with Gasteiger partial charge in [-0.3, -0.25) is 13.9 Å². The number of nitrogens with one attached hydrogen (secondary N) is 1. The minimum Gasteiger partial charge on any atom is -0.326 e. The minimum atomic E-state index is -3.75. The van der Waals surface area contributed by atoms with Gasteiger partial charge in [0.25, 0.3) is 0 Å². The maximum atomic E-state index is 13.5. The van der Waals surface area contributed by atoms with Crippen LogP contribution in [-0.4, -0.2) is 39.6 Å². The molecule has 1 fully saturated rings. The molecule has 0 bridgehead atoms. The Morgan fingerprint density at radius 3 is 2.58 bits per heavy atom. The molecule has 7 nitrogen and oxygen atoms in total. The van der Waals surface area contributed by atoms with Crippen LogP contribution in [0.25, 0.3) is 0 Å². The van der Waals surface area contributed by atoms with Crippen LogP contribution in [0.5, 0.6) is 0 Å². The lowest BCUT2D eigenvalue weighted by molar-refractivity contribution is -0.117. The molecule has 2 aromatic rings. The fraction of sp³-hybridized carbons (Fsp3) is 0.333. The third-order valence-corrected chi connectivity index (χ3v) is 6.07. The molecule has 166 valence electrons. The topological polar surface area (TPSA) is 86.8 Å². The number of carbonyl (C=O) groups is 2. The number of hydrogen-bond acceptors (Lipinski definition) is 4. The van der Waals surface area contributed by atoms with Crippen molar-refractivity contribution in [2.24, 2.45) is 0 Å². The summed E-state index contributed by atoms with van der Waals surface area (Å²) >= 11 is 0. The summed E-state index contributed by atoms with van der Waals surface area (Å²) in [6, 6.07) is 9.78. The smallest absolute Gasteiger partial charge is 0.232 e. The molecule has 0 radical (unpaired) electrons. The van der Waals surface area contributed by atoms with E-state index in [1.807, 2.05) is 0 Å². The van der Waals surface area contributed by atoms with Crippen LogP contribution in [-0.2, 0) is 19.6 Å². The van der Waals surface area contributed by atoms with E-state index >= 15 is 0 Å². The molecule has 0 saturated carbocycles. The maximum absolute atomic E-state index is 13.5. The summed E-state index contributed by atoms with van der Waals surface area (Å²) in [5, 5.41) is 2.73. The minimum absolute atomic E-state index is 0.00945. The van der Waals surface area contributed by atoms with Crippen LogP contribution in [0.15, 0.2) is 42.5 Å². The Kier molecular flexibility index (Phi) is 6.89. The fourth-order valence-corrected chi connectivity index (χ4v) is 4.36. The summed E-state index contributed by atoms with van der Waals surface area (Å²) in [7, 11) is -3.75. The number of rotatable bonds is 8. The summed E-state index contributed by atoms with van der Waals surface area (Å²) in [6.45, 7) is 0.571. The Bertz CT molecular complexity index is 1090. The number of carbonyl (C=O) groups excluding carboxylic acids is 2. The molecule has 1 aliphatic rings. The number of halogens is 2. The van der Waals surface area contributed by atoms with Gasteiger partial charge < -0.3 is 10.2 Å². The van der Waals surface area contributed by atoms with Gasteiger partial charge in [0, 0.05) is 43.4 Å². The van der Waals surface area contributed by atoms with Crippen molar-refractivity contribution in [3.05, 3.63) is 54.1 Å². The molecule has 0 atom stereocenters. The standard InChI is InChI=1S/C21H23F2N3O4S/c1-31(29,30)26(17-9-10-18(22)19(23)14-17)12-3-7-20(27)24-15-5-2-6-16(13-15)25-11-4-8-21(25)28/h2,5-6,9-10,13-14H,3-4,7-8,11-12H2,1H3,(H,24,27). The van der Waals surface area contributed by atoms with Gasteiger partial charge in [0.05, 0.1) is 11.9 Å². The second-order valence-corrected chi connectivity index (χ2v) is 9.19. The number of benzene rings is 2. The predicted molar refractivity (Wildman–Crippen MR) is 114 cm³/mol. The van der Waals surface area contributed by atoms with Crippen molar-refractivity contribution in [3.63, 3.8) is 0 Å². The van der Waals surface area contributed by atoms with Gasteiger partial charge in [0.15, 0.2) is 11.6 Å². The van der Waals surface area contributed by atoms with Gasteiger partial charge in [-0.25, -0.2) is 17.2 Å². The summed E-state index contributed by atoms with van der Waals surface area (Å²) in [5.41, 5.74) is 1.23. The SMILES string of the molecule is CS(=O)(=O)N(CCCC(=O)Nc1cccc(N2CCCC2=O)c1)c1ccc(F)c(F)c1. The molecule has 3 rings (SSSR count). The quantitative estimate of drug-likeness (QED) is 0.667. The molecule has 1 heterocycles. The van der Waals surface area contributed by atoms with Crippen molar-refractivity contribution < 1.29 is 26.8 Å². The largest absolute Gasteiger partial charge is 0.326 e. The van der Waals surface area contributed by atoms with Crippen LogP contribution in [0.1, 0.15) is 25.7 Å². The van der Waals surface area contributed by atoms with Gasteiger partial charge in [-0.15, -0.1) is 0 Å². The predicted octanol–water partition coefficient (Wildman–Crippen LogP) is 3.28. The summed E-state index contributed by atoms with van der Waals surface area (Å²) in [6.07, 6.45) is 2.44. The molecule has 1 aliphatic heterocycles. The van der Waals surface area contributed by atoms with Crippen molar-refractivity contribution in [3.8, 4) is 0 Å². The lowest BCUT2D eigenvalue weighted by Gasteiger charge is -2.22. The first-order valence-electron chi connectivity index (χ1n) is 9.78. The van der Waals surface area contributed by atoms with Crippen LogP contribution in [0.4, 0.5) is 25.8 Å². The van der Waals surface area contributed by atoms with Gasteiger partial charge >= 0.3 is 0 Å². The van der Waals surface area contributed by atoms with Gasteiger partial charge in [-0.05, 0) is 43.2 Å². The van der Waals surface area contributed by atoms with Gasteiger partial charge in [-0.1, -0.05) is 6.07 Å². The molecular formula is C21H23F2N3O4S. The first kappa shape index (κ1) is 22.7. The number of nitrogens with zero attached hydrogens (tertiary/aromatic N) is 2. The summed E-state index contributed by atoms with van der Waals surface area (Å²) < 4.78 is 51.7. The molecule has 1 saturated heterocycles. The first-order valence-corrected chi connectivity index (χ1v) is 11.6. The zero-order chi connectivity index (χ0) is 22.6. The monoisotopic (exact) mass is 451 g/mol. The molecule has 2 amide bonds. The Balaban J connectivity index is 1.59. The van der Waals surface area contributed by atoms with Crippen LogP contribution in [0, 0.1) is 11.6 Å². The molecule has 0 unspecified atom stereocenters. The number of amides is 2.